The Labute approximate surface area is 213 Å². The van der Waals surface area contributed by atoms with Crippen molar-refractivity contribution in [2.75, 3.05) is 42.8 Å². The number of benzene rings is 1. The first-order valence-corrected chi connectivity index (χ1v) is 13.6. The van der Waals surface area contributed by atoms with Crippen molar-refractivity contribution in [2.24, 2.45) is 5.41 Å². The molecule has 1 fully saturated rings. The number of fused-ring (bicyclic) bond motifs is 1. The standard InChI is InChI=1S/C26H38N6O2S/c1-18-17-34-14-13-32(18)24-21-15-31(35-5)16-22(21)29-23(30-24)19-7-9-20(10-8-19)28-25(33)27-12-6-11-26(2,3)4/h7-10,18H,6,11-17H2,1-5H3,(H2,27,28,33). The van der Waals surface area contributed by atoms with Crippen molar-refractivity contribution in [1.29, 1.82) is 0 Å². The van der Waals surface area contributed by atoms with E-state index in [-0.39, 0.29) is 17.5 Å². The van der Waals surface area contributed by atoms with Crippen molar-refractivity contribution in [3.63, 3.8) is 0 Å². The van der Waals surface area contributed by atoms with Gasteiger partial charge in [-0.3, -0.25) is 0 Å². The first kappa shape index (κ1) is 25.7. The Morgan fingerprint density at radius 1 is 1.20 bits per heavy atom. The summed E-state index contributed by atoms with van der Waals surface area (Å²) in [5.41, 5.74) is 4.28. The fourth-order valence-electron chi connectivity index (χ4n) is 4.45. The number of carbonyl (C=O) groups excluding carboxylic acids is 1. The predicted molar refractivity (Wildman–Crippen MR) is 144 cm³/mol. The van der Waals surface area contributed by atoms with Crippen molar-refractivity contribution in [3.05, 3.63) is 35.5 Å². The van der Waals surface area contributed by atoms with Crippen LogP contribution in [0, 0.1) is 5.41 Å². The van der Waals surface area contributed by atoms with E-state index in [0.29, 0.717) is 19.8 Å². The van der Waals surface area contributed by atoms with Gasteiger partial charge in [0, 0.05) is 36.4 Å². The molecule has 8 nitrogen and oxygen atoms in total. The number of rotatable bonds is 7. The van der Waals surface area contributed by atoms with Gasteiger partial charge in [0.25, 0.3) is 0 Å². The summed E-state index contributed by atoms with van der Waals surface area (Å²) in [5.74, 6) is 1.74. The molecule has 190 valence electrons. The second-order valence-corrected chi connectivity index (χ2v) is 11.4. The second-order valence-electron chi connectivity index (χ2n) is 10.5. The topological polar surface area (TPSA) is 82.6 Å². The van der Waals surface area contributed by atoms with Crippen LogP contribution in [0.1, 0.15) is 51.8 Å². The van der Waals surface area contributed by atoms with Crippen LogP contribution in [0.15, 0.2) is 24.3 Å². The van der Waals surface area contributed by atoms with Crippen molar-refractivity contribution in [2.45, 2.75) is 59.7 Å². The maximum absolute atomic E-state index is 12.3. The van der Waals surface area contributed by atoms with Crippen molar-refractivity contribution in [1.82, 2.24) is 19.6 Å². The van der Waals surface area contributed by atoms with E-state index in [4.69, 9.17) is 14.7 Å². The predicted octanol–water partition coefficient (Wildman–Crippen LogP) is 4.91. The summed E-state index contributed by atoms with van der Waals surface area (Å²) in [7, 11) is 0. The molecule has 1 unspecified atom stereocenters. The highest BCUT2D eigenvalue weighted by atomic mass is 32.2. The average molecular weight is 499 g/mol. The third-order valence-electron chi connectivity index (χ3n) is 6.42. The van der Waals surface area contributed by atoms with Crippen LogP contribution in [0.25, 0.3) is 11.4 Å². The van der Waals surface area contributed by atoms with Crippen molar-refractivity contribution >= 4 is 29.5 Å². The van der Waals surface area contributed by atoms with E-state index in [1.165, 1.54) is 5.56 Å². The van der Waals surface area contributed by atoms with E-state index in [1.807, 2.05) is 24.3 Å². The molecule has 1 aromatic heterocycles. The lowest BCUT2D eigenvalue weighted by Gasteiger charge is -2.35. The van der Waals surface area contributed by atoms with Gasteiger partial charge in [0.1, 0.15) is 5.82 Å². The van der Waals surface area contributed by atoms with E-state index in [0.717, 1.165) is 61.1 Å². The minimum absolute atomic E-state index is 0.179. The number of hydrogen-bond donors (Lipinski definition) is 2. The van der Waals surface area contributed by atoms with Gasteiger partial charge in [-0.25, -0.2) is 19.1 Å². The van der Waals surface area contributed by atoms with Gasteiger partial charge in [0.15, 0.2) is 5.82 Å². The number of hydrogen-bond acceptors (Lipinski definition) is 7. The smallest absolute Gasteiger partial charge is 0.319 e. The minimum Gasteiger partial charge on any atom is -0.377 e. The molecule has 9 heteroatoms. The zero-order valence-corrected chi connectivity index (χ0v) is 22.4. The number of morpholine rings is 1. The highest BCUT2D eigenvalue weighted by Crippen LogP contribution is 2.35. The molecule has 2 amide bonds. The lowest BCUT2D eigenvalue weighted by Crippen LogP contribution is -2.44. The Morgan fingerprint density at radius 2 is 1.97 bits per heavy atom. The first-order valence-electron chi connectivity index (χ1n) is 12.4. The van der Waals surface area contributed by atoms with Gasteiger partial charge in [0.2, 0.25) is 0 Å². The van der Waals surface area contributed by atoms with E-state index in [2.05, 4.69) is 53.8 Å². The lowest BCUT2D eigenvalue weighted by atomic mass is 9.91. The van der Waals surface area contributed by atoms with Crippen LogP contribution in [-0.2, 0) is 17.8 Å². The molecule has 3 heterocycles. The number of carbonyl (C=O) groups is 1. The SMILES string of the molecule is CSN1Cc2nc(-c3ccc(NC(=O)NCCCC(C)(C)C)cc3)nc(N3CCOCC3C)c2C1. The molecule has 1 aromatic carbocycles. The number of nitrogens with zero attached hydrogens (tertiary/aromatic N) is 4. The number of urea groups is 1. The first-order chi connectivity index (χ1) is 16.7. The second kappa shape index (κ2) is 11.1. The summed E-state index contributed by atoms with van der Waals surface area (Å²) >= 11 is 1.74. The summed E-state index contributed by atoms with van der Waals surface area (Å²) < 4.78 is 7.97. The monoisotopic (exact) mass is 498 g/mol. The molecule has 35 heavy (non-hydrogen) atoms. The number of anilines is 2. The molecule has 0 bridgehead atoms. The summed E-state index contributed by atoms with van der Waals surface area (Å²) in [6.07, 6.45) is 4.13. The molecule has 2 aliphatic heterocycles. The van der Waals surface area contributed by atoms with Crippen molar-refractivity contribution in [3.8, 4) is 11.4 Å². The van der Waals surface area contributed by atoms with Crippen LogP contribution in [0.3, 0.4) is 0 Å². The largest absolute Gasteiger partial charge is 0.377 e. The van der Waals surface area contributed by atoms with Crippen molar-refractivity contribution < 1.29 is 9.53 Å². The number of ether oxygens (including phenoxy) is 1. The maximum Gasteiger partial charge on any atom is 0.319 e. The van der Waals surface area contributed by atoms with Crippen LogP contribution < -0.4 is 15.5 Å². The van der Waals surface area contributed by atoms with Gasteiger partial charge in [0.05, 0.1) is 31.5 Å². The third-order valence-corrected chi connectivity index (χ3v) is 7.19. The average Bonchev–Trinajstić information content (AvgIpc) is 3.25. The molecule has 0 aliphatic carbocycles. The molecule has 0 spiro atoms. The van der Waals surface area contributed by atoms with E-state index in [9.17, 15) is 4.79 Å². The number of nitrogens with one attached hydrogen (secondary N) is 2. The Balaban J connectivity index is 1.47. The van der Waals surface area contributed by atoms with Gasteiger partial charge in [-0.05, 0) is 55.7 Å². The highest BCUT2D eigenvalue weighted by Gasteiger charge is 2.30. The van der Waals surface area contributed by atoms with Crippen LogP contribution in [-0.4, -0.2) is 58.9 Å². The number of aromatic nitrogens is 2. The Bertz CT molecular complexity index is 1020. The summed E-state index contributed by atoms with van der Waals surface area (Å²) in [5, 5.41) is 5.86. The fraction of sp³-hybridized carbons (Fsp3) is 0.577. The lowest BCUT2D eigenvalue weighted by molar-refractivity contribution is 0.0984. The highest BCUT2D eigenvalue weighted by molar-refractivity contribution is 7.96. The Morgan fingerprint density at radius 3 is 2.66 bits per heavy atom. The van der Waals surface area contributed by atoms with Gasteiger partial charge in [-0.15, -0.1) is 0 Å². The molecule has 1 atom stereocenters. The number of amides is 2. The summed E-state index contributed by atoms with van der Waals surface area (Å²) in [6.45, 7) is 13.4. The minimum atomic E-state index is -0.179. The molecular formula is C26H38N6O2S. The van der Waals surface area contributed by atoms with Gasteiger partial charge < -0.3 is 20.3 Å². The molecule has 4 rings (SSSR count). The molecule has 2 N–H and O–H groups in total. The zero-order chi connectivity index (χ0) is 25.0. The van der Waals surface area contributed by atoms with Gasteiger partial charge in [-0.2, -0.15) is 0 Å². The van der Waals surface area contributed by atoms with Gasteiger partial charge >= 0.3 is 6.03 Å². The third kappa shape index (κ3) is 6.65. The van der Waals surface area contributed by atoms with E-state index >= 15 is 0 Å². The van der Waals surface area contributed by atoms with Crippen LogP contribution in [0.4, 0.5) is 16.3 Å². The normalized spacial score (nSPS) is 18.4. The van der Waals surface area contributed by atoms with Crippen LogP contribution in [0.2, 0.25) is 0 Å². The molecule has 2 aliphatic rings. The molecule has 0 saturated carbocycles. The Kier molecular flexibility index (Phi) is 8.19. The maximum atomic E-state index is 12.3. The van der Waals surface area contributed by atoms with Gasteiger partial charge in [-0.1, -0.05) is 32.7 Å². The van der Waals surface area contributed by atoms with Crippen LogP contribution in [0.5, 0.6) is 0 Å². The summed E-state index contributed by atoms with van der Waals surface area (Å²) in [4.78, 5) is 24.6. The fourth-order valence-corrected chi connectivity index (χ4v) is 4.95. The molecular weight excluding hydrogens is 460 g/mol. The summed E-state index contributed by atoms with van der Waals surface area (Å²) in [6, 6.07) is 7.86. The molecule has 0 radical (unpaired) electrons. The Hall–Kier alpha value is -2.36. The molecule has 2 aromatic rings. The molecule has 1 saturated heterocycles. The van der Waals surface area contributed by atoms with E-state index in [1.54, 1.807) is 11.9 Å². The van der Waals surface area contributed by atoms with E-state index < -0.39 is 0 Å². The quantitative estimate of drug-likeness (QED) is 0.415. The van der Waals surface area contributed by atoms with Crippen LogP contribution >= 0.6 is 11.9 Å². The zero-order valence-electron chi connectivity index (χ0n) is 21.6.